The number of nitrogens with one attached hydrogen (secondary N) is 2. The average molecular weight is 426 g/mol. The maximum absolute atomic E-state index is 13.1. The first-order valence-electron chi connectivity index (χ1n) is 11.0. The quantitative estimate of drug-likeness (QED) is 0.538. The fourth-order valence-corrected chi connectivity index (χ4v) is 4.36. The molecule has 2 N–H and O–H groups in total. The maximum Gasteiger partial charge on any atom is 0.277 e. The first kappa shape index (κ1) is 21.5. The number of nitrogens with zero attached hydrogens (tertiary/aromatic N) is 3. The van der Waals surface area contributed by atoms with Gasteiger partial charge in [0.2, 0.25) is 0 Å². The molecule has 0 unspecified atom stereocenters. The molecule has 0 atom stereocenters. The molecule has 2 heterocycles. The number of aromatic amines is 1. The molecule has 1 aromatic carbocycles. The third-order valence-electron chi connectivity index (χ3n) is 5.98. The Morgan fingerprint density at radius 3 is 2.77 bits per heavy atom. The van der Waals surface area contributed by atoms with Crippen molar-refractivity contribution in [2.45, 2.75) is 51.6 Å². The Morgan fingerprint density at radius 2 is 2.03 bits per heavy atom. The number of aryl methyl sites for hydroxylation is 1. The Bertz CT molecular complexity index is 1100. The second-order valence-corrected chi connectivity index (χ2v) is 8.14. The van der Waals surface area contributed by atoms with Gasteiger partial charge in [0.05, 0.1) is 31.0 Å². The van der Waals surface area contributed by atoms with Crippen molar-refractivity contribution in [1.29, 1.82) is 0 Å². The van der Waals surface area contributed by atoms with Crippen molar-refractivity contribution in [3.8, 4) is 17.1 Å². The zero-order valence-electron chi connectivity index (χ0n) is 18.5. The van der Waals surface area contributed by atoms with E-state index in [1.807, 2.05) is 29.8 Å². The lowest BCUT2D eigenvalue weighted by Gasteiger charge is -2.22. The molecule has 1 aliphatic rings. The summed E-state index contributed by atoms with van der Waals surface area (Å²) in [6.07, 6.45) is 5.73. The van der Waals surface area contributed by atoms with E-state index in [0.29, 0.717) is 35.8 Å². The van der Waals surface area contributed by atoms with Crippen molar-refractivity contribution in [1.82, 2.24) is 25.1 Å². The number of benzene rings is 1. The van der Waals surface area contributed by atoms with Gasteiger partial charge in [-0.2, -0.15) is 5.10 Å². The zero-order valence-corrected chi connectivity index (χ0v) is 18.5. The van der Waals surface area contributed by atoms with Gasteiger partial charge in [0, 0.05) is 20.2 Å². The summed E-state index contributed by atoms with van der Waals surface area (Å²) in [5.74, 6) is 1.17. The molecule has 3 aromatic rings. The monoisotopic (exact) mass is 425 g/mol. The fraction of sp³-hybridized carbons (Fsp3) is 0.522. The molecule has 0 amide bonds. The SMILES string of the molecule is COCCNCc1ccc(-c2nc3c(C)nn(C4CCCCC4)c3c(=O)[nH]2)c(OC)c1. The largest absolute Gasteiger partial charge is 0.496 e. The zero-order chi connectivity index (χ0) is 21.8. The molecule has 8 heteroatoms. The molecular weight excluding hydrogens is 394 g/mol. The number of fused-ring (bicyclic) bond motifs is 1. The van der Waals surface area contributed by atoms with Crippen LogP contribution in [0.15, 0.2) is 23.0 Å². The number of hydrogen-bond acceptors (Lipinski definition) is 6. The van der Waals surface area contributed by atoms with Crippen LogP contribution in [-0.2, 0) is 11.3 Å². The van der Waals surface area contributed by atoms with E-state index in [9.17, 15) is 4.79 Å². The average Bonchev–Trinajstić information content (AvgIpc) is 3.14. The standard InChI is InChI=1S/C23H31N5O3/c1-15-20-21(28(27-15)17-7-5-4-6-8-17)23(29)26-22(25-20)18-10-9-16(13-19(18)31-3)14-24-11-12-30-2/h9-10,13,17,24H,4-8,11-12,14H2,1-3H3,(H,25,26,29). The normalized spacial score (nSPS) is 14.9. The molecule has 1 aliphatic carbocycles. The van der Waals surface area contributed by atoms with Gasteiger partial charge in [-0.25, -0.2) is 4.98 Å². The van der Waals surface area contributed by atoms with Crippen molar-refractivity contribution in [3.05, 3.63) is 39.8 Å². The molecule has 4 rings (SSSR count). The van der Waals surface area contributed by atoms with Gasteiger partial charge < -0.3 is 19.8 Å². The van der Waals surface area contributed by atoms with Gasteiger partial charge in [0.25, 0.3) is 5.56 Å². The highest BCUT2D eigenvalue weighted by Crippen LogP contribution is 2.32. The minimum atomic E-state index is -0.154. The molecule has 31 heavy (non-hydrogen) atoms. The van der Waals surface area contributed by atoms with Crippen molar-refractivity contribution in [2.75, 3.05) is 27.4 Å². The molecule has 8 nitrogen and oxygen atoms in total. The first-order chi connectivity index (χ1) is 15.1. The summed E-state index contributed by atoms with van der Waals surface area (Å²) in [7, 11) is 3.31. The van der Waals surface area contributed by atoms with Gasteiger partial charge in [0.1, 0.15) is 17.1 Å². The summed E-state index contributed by atoms with van der Waals surface area (Å²) in [6.45, 7) is 4.06. The first-order valence-corrected chi connectivity index (χ1v) is 11.0. The Balaban J connectivity index is 1.68. The van der Waals surface area contributed by atoms with Gasteiger partial charge in [-0.05, 0) is 37.5 Å². The van der Waals surface area contributed by atoms with Crippen LogP contribution in [0.5, 0.6) is 5.75 Å². The van der Waals surface area contributed by atoms with Crippen LogP contribution in [0.25, 0.3) is 22.4 Å². The van der Waals surface area contributed by atoms with Gasteiger partial charge >= 0.3 is 0 Å². The van der Waals surface area contributed by atoms with Crippen molar-refractivity contribution < 1.29 is 9.47 Å². The highest BCUT2D eigenvalue weighted by molar-refractivity contribution is 5.79. The van der Waals surface area contributed by atoms with Crippen LogP contribution in [0.3, 0.4) is 0 Å². The van der Waals surface area contributed by atoms with E-state index in [2.05, 4.69) is 10.3 Å². The van der Waals surface area contributed by atoms with Crippen LogP contribution in [0, 0.1) is 6.92 Å². The second kappa shape index (κ2) is 9.62. The number of ether oxygens (including phenoxy) is 2. The van der Waals surface area contributed by atoms with Crippen molar-refractivity contribution in [2.24, 2.45) is 0 Å². The summed E-state index contributed by atoms with van der Waals surface area (Å²) in [5, 5.41) is 8.02. The van der Waals surface area contributed by atoms with Gasteiger partial charge in [0.15, 0.2) is 5.52 Å². The summed E-state index contributed by atoms with van der Waals surface area (Å²) >= 11 is 0. The van der Waals surface area contributed by atoms with E-state index < -0.39 is 0 Å². The molecule has 0 bridgehead atoms. The lowest BCUT2D eigenvalue weighted by atomic mass is 9.95. The van der Waals surface area contributed by atoms with Crippen molar-refractivity contribution in [3.63, 3.8) is 0 Å². The van der Waals surface area contributed by atoms with E-state index in [1.165, 1.54) is 19.3 Å². The molecule has 166 valence electrons. The molecule has 0 radical (unpaired) electrons. The summed E-state index contributed by atoms with van der Waals surface area (Å²) < 4.78 is 12.6. The third-order valence-corrected chi connectivity index (χ3v) is 5.98. The lowest BCUT2D eigenvalue weighted by molar-refractivity contribution is 0.199. The maximum atomic E-state index is 13.1. The third kappa shape index (κ3) is 4.50. The second-order valence-electron chi connectivity index (χ2n) is 8.14. The topological polar surface area (TPSA) is 94.1 Å². The lowest BCUT2D eigenvalue weighted by Crippen LogP contribution is -2.20. The van der Waals surface area contributed by atoms with E-state index in [1.54, 1.807) is 14.2 Å². The Hall–Kier alpha value is -2.71. The molecule has 1 saturated carbocycles. The van der Waals surface area contributed by atoms with Gasteiger partial charge in [-0.1, -0.05) is 25.3 Å². The highest BCUT2D eigenvalue weighted by atomic mass is 16.5. The number of aromatic nitrogens is 4. The molecule has 1 fully saturated rings. The minimum Gasteiger partial charge on any atom is -0.496 e. The molecule has 0 aliphatic heterocycles. The fourth-order valence-electron chi connectivity index (χ4n) is 4.36. The van der Waals surface area contributed by atoms with E-state index >= 15 is 0 Å². The number of H-pyrrole nitrogens is 1. The number of hydrogen-bond donors (Lipinski definition) is 2. The summed E-state index contributed by atoms with van der Waals surface area (Å²) in [6, 6.07) is 6.20. The predicted octanol–water partition coefficient (Wildman–Crippen LogP) is 3.34. The van der Waals surface area contributed by atoms with E-state index in [-0.39, 0.29) is 11.6 Å². The van der Waals surface area contributed by atoms with Crippen LogP contribution in [0.4, 0.5) is 0 Å². The minimum absolute atomic E-state index is 0.154. The number of methoxy groups -OCH3 is 2. The van der Waals surface area contributed by atoms with Crippen LogP contribution in [-0.4, -0.2) is 47.1 Å². The van der Waals surface area contributed by atoms with Crippen LogP contribution in [0.2, 0.25) is 0 Å². The highest BCUT2D eigenvalue weighted by Gasteiger charge is 2.23. The predicted molar refractivity (Wildman–Crippen MR) is 121 cm³/mol. The van der Waals surface area contributed by atoms with Crippen molar-refractivity contribution >= 4 is 11.0 Å². The molecule has 2 aromatic heterocycles. The van der Waals surface area contributed by atoms with Gasteiger partial charge in [-0.3, -0.25) is 9.48 Å². The van der Waals surface area contributed by atoms with E-state index in [0.717, 1.165) is 36.2 Å². The number of rotatable bonds is 8. The molecule has 0 spiro atoms. The summed E-state index contributed by atoms with van der Waals surface area (Å²) in [5.41, 5.74) is 3.71. The van der Waals surface area contributed by atoms with Crippen LogP contribution < -0.4 is 15.6 Å². The molecule has 0 saturated heterocycles. The Morgan fingerprint density at radius 1 is 1.23 bits per heavy atom. The smallest absolute Gasteiger partial charge is 0.277 e. The van der Waals surface area contributed by atoms with Gasteiger partial charge in [-0.15, -0.1) is 0 Å². The van der Waals surface area contributed by atoms with E-state index in [4.69, 9.17) is 19.6 Å². The molecular formula is C23H31N5O3. The van der Waals surface area contributed by atoms with Crippen LogP contribution in [0.1, 0.15) is 49.4 Å². The van der Waals surface area contributed by atoms with Crippen LogP contribution >= 0.6 is 0 Å². The summed E-state index contributed by atoms with van der Waals surface area (Å²) in [4.78, 5) is 20.9. The Labute approximate surface area is 182 Å². The Kier molecular flexibility index (Phi) is 6.67.